The van der Waals surface area contributed by atoms with E-state index in [4.69, 9.17) is 14.6 Å². The first-order chi connectivity index (χ1) is 8.08. The minimum Gasteiger partial charge on any atom is -0.482 e. The molecule has 0 saturated carbocycles. The van der Waals surface area contributed by atoms with Crippen LogP contribution in [0.3, 0.4) is 0 Å². The van der Waals surface area contributed by atoms with Gasteiger partial charge < -0.3 is 14.6 Å². The molecule has 1 aromatic rings. The second-order valence-corrected chi connectivity index (χ2v) is 3.68. The fourth-order valence-electron chi connectivity index (χ4n) is 1.57. The maximum absolute atomic E-state index is 13.5. The lowest BCUT2D eigenvalue weighted by molar-refractivity contribution is 0.0695. The molecular formula is C11H10F2O4. The highest BCUT2D eigenvalue weighted by atomic mass is 19.1. The predicted octanol–water partition coefficient (Wildman–Crippen LogP) is 1.83. The zero-order valence-electron chi connectivity index (χ0n) is 8.78. The Morgan fingerprint density at radius 3 is 2.53 bits per heavy atom. The molecule has 0 spiro atoms. The average Bonchev–Trinajstić information content (AvgIpc) is 2.75. The molecule has 2 rings (SSSR count). The number of carboxylic acids is 1. The lowest BCUT2D eigenvalue weighted by Gasteiger charge is -2.13. The SMILES string of the molecule is O=C(O)c1cc(F)c(OC2CCOC2)c(F)c1. The molecule has 1 heterocycles. The van der Waals surface area contributed by atoms with E-state index in [-0.39, 0.29) is 6.61 Å². The van der Waals surface area contributed by atoms with Gasteiger partial charge in [0.1, 0.15) is 6.10 Å². The first kappa shape index (κ1) is 11.8. The second-order valence-electron chi connectivity index (χ2n) is 3.68. The largest absolute Gasteiger partial charge is 0.482 e. The Hall–Kier alpha value is -1.69. The highest BCUT2D eigenvalue weighted by Gasteiger charge is 2.22. The van der Waals surface area contributed by atoms with Gasteiger partial charge in [-0.05, 0) is 12.1 Å². The van der Waals surface area contributed by atoms with Crippen LogP contribution >= 0.6 is 0 Å². The van der Waals surface area contributed by atoms with Crippen molar-refractivity contribution in [1.82, 2.24) is 0 Å². The van der Waals surface area contributed by atoms with Gasteiger partial charge in [0.25, 0.3) is 0 Å². The minimum atomic E-state index is -1.39. The van der Waals surface area contributed by atoms with E-state index >= 15 is 0 Å². The fourth-order valence-corrected chi connectivity index (χ4v) is 1.57. The molecule has 0 bridgehead atoms. The van der Waals surface area contributed by atoms with Crippen molar-refractivity contribution >= 4 is 5.97 Å². The fraction of sp³-hybridized carbons (Fsp3) is 0.364. The zero-order valence-corrected chi connectivity index (χ0v) is 8.78. The topological polar surface area (TPSA) is 55.8 Å². The minimum absolute atomic E-state index is 0.277. The highest BCUT2D eigenvalue weighted by Crippen LogP contribution is 2.26. The Balaban J connectivity index is 2.24. The maximum Gasteiger partial charge on any atom is 0.335 e. The first-order valence-electron chi connectivity index (χ1n) is 5.04. The number of carbonyl (C=O) groups is 1. The van der Waals surface area contributed by atoms with E-state index in [0.717, 1.165) is 12.1 Å². The first-order valence-corrected chi connectivity index (χ1v) is 5.04. The Morgan fingerprint density at radius 1 is 1.41 bits per heavy atom. The van der Waals surface area contributed by atoms with Crippen molar-refractivity contribution in [3.05, 3.63) is 29.3 Å². The molecule has 1 N–H and O–H groups in total. The Labute approximate surface area is 95.8 Å². The zero-order chi connectivity index (χ0) is 12.4. The number of aromatic carboxylic acids is 1. The molecule has 17 heavy (non-hydrogen) atoms. The molecule has 6 heteroatoms. The molecule has 1 atom stereocenters. The van der Waals surface area contributed by atoms with Crippen LogP contribution < -0.4 is 4.74 Å². The van der Waals surface area contributed by atoms with Crippen LogP contribution in [-0.2, 0) is 4.74 Å². The van der Waals surface area contributed by atoms with E-state index < -0.39 is 35.0 Å². The van der Waals surface area contributed by atoms with Crippen LogP contribution in [0.5, 0.6) is 5.75 Å². The molecular weight excluding hydrogens is 234 g/mol. The molecule has 1 aliphatic rings. The molecule has 1 saturated heterocycles. The third-order valence-electron chi connectivity index (χ3n) is 2.42. The Kier molecular flexibility index (Phi) is 3.23. The number of benzene rings is 1. The van der Waals surface area contributed by atoms with Crippen LogP contribution in [-0.4, -0.2) is 30.4 Å². The standard InChI is InChI=1S/C11H10F2O4/c12-8-3-6(11(14)15)4-9(13)10(8)17-7-1-2-16-5-7/h3-4,7H,1-2,5H2,(H,14,15). The van der Waals surface area contributed by atoms with Crippen molar-refractivity contribution in [1.29, 1.82) is 0 Å². The summed E-state index contributed by atoms with van der Waals surface area (Å²) in [5, 5.41) is 8.61. The van der Waals surface area contributed by atoms with Crippen molar-refractivity contribution in [2.24, 2.45) is 0 Å². The van der Waals surface area contributed by atoms with Gasteiger partial charge in [-0.25, -0.2) is 13.6 Å². The van der Waals surface area contributed by atoms with E-state index in [1.54, 1.807) is 0 Å². The maximum atomic E-state index is 13.5. The average molecular weight is 244 g/mol. The van der Waals surface area contributed by atoms with Gasteiger partial charge in [0, 0.05) is 6.42 Å². The van der Waals surface area contributed by atoms with Crippen LogP contribution in [0.15, 0.2) is 12.1 Å². The molecule has 0 aliphatic carbocycles. The lowest BCUT2D eigenvalue weighted by atomic mass is 10.2. The van der Waals surface area contributed by atoms with Gasteiger partial charge in [-0.1, -0.05) is 0 Å². The number of hydrogen-bond donors (Lipinski definition) is 1. The van der Waals surface area contributed by atoms with Gasteiger partial charge in [0.2, 0.25) is 0 Å². The summed E-state index contributed by atoms with van der Waals surface area (Å²) in [6.45, 7) is 0.765. The molecule has 0 radical (unpaired) electrons. The monoisotopic (exact) mass is 244 g/mol. The van der Waals surface area contributed by atoms with E-state index in [9.17, 15) is 13.6 Å². The summed E-state index contributed by atoms with van der Waals surface area (Å²) in [5.74, 6) is -3.98. The van der Waals surface area contributed by atoms with Crippen LogP contribution in [0, 0.1) is 11.6 Å². The summed E-state index contributed by atoms with van der Waals surface area (Å²) in [6, 6.07) is 1.47. The number of halogens is 2. The third-order valence-corrected chi connectivity index (χ3v) is 2.42. The highest BCUT2D eigenvalue weighted by molar-refractivity contribution is 5.87. The second kappa shape index (κ2) is 4.67. The smallest absolute Gasteiger partial charge is 0.335 e. The van der Waals surface area contributed by atoms with Gasteiger partial charge in [0.15, 0.2) is 17.4 Å². The molecule has 1 unspecified atom stereocenters. The molecule has 0 aromatic heterocycles. The molecule has 4 nitrogen and oxygen atoms in total. The number of carboxylic acid groups (broad SMARTS) is 1. The van der Waals surface area contributed by atoms with Crippen LogP contribution in [0.2, 0.25) is 0 Å². The summed E-state index contributed by atoms with van der Waals surface area (Å²) in [5.41, 5.74) is -0.449. The van der Waals surface area contributed by atoms with Crippen molar-refractivity contribution < 1.29 is 28.2 Å². The molecule has 1 fully saturated rings. The van der Waals surface area contributed by atoms with Crippen LogP contribution in [0.25, 0.3) is 0 Å². The normalized spacial score (nSPS) is 19.3. The lowest BCUT2D eigenvalue weighted by Crippen LogP contribution is -2.17. The Morgan fingerprint density at radius 2 is 2.06 bits per heavy atom. The van der Waals surface area contributed by atoms with Gasteiger partial charge in [-0.3, -0.25) is 0 Å². The molecule has 1 aliphatic heterocycles. The number of rotatable bonds is 3. The molecule has 1 aromatic carbocycles. The van der Waals surface area contributed by atoms with E-state index in [1.165, 1.54) is 0 Å². The van der Waals surface area contributed by atoms with Gasteiger partial charge >= 0.3 is 5.97 Å². The van der Waals surface area contributed by atoms with Crippen LogP contribution in [0.4, 0.5) is 8.78 Å². The van der Waals surface area contributed by atoms with Gasteiger partial charge in [-0.2, -0.15) is 0 Å². The predicted molar refractivity (Wildman–Crippen MR) is 53.2 cm³/mol. The summed E-state index contributed by atoms with van der Waals surface area (Å²) in [7, 11) is 0. The Bertz CT molecular complexity index is 418. The van der Waals surface area contributed by atoms with E-state index in [2.05, 4.69) is 0 Å². The van der Waals surface area contributed by atoms with Gasteiger partial charge in [-0.15, -0.1) is 0 Å². The van der Waals surface area contributed by atoms with Gasteiger partial charge in [0.05, 0.1) is 18.8 Å². The third kappa shape index (κ3) is 2.52. The molecule has 92 valence electrons. The molecule has 0 amide bonds. The van der Waals surface area contributed by atoms with Crippen LogP contribution in [0.1, 0.15) is 16.8 Å². The summed E-state index contributed by atoms with van der Waals surface area (Å²) >= 11 is 0. The quantitative estimate of drug-likeness (QED) is 0.881. The summed E-state index contributed by atoms with van der Waals surface area (Å²) in [4.78, 5) is 10.6. The van der Waals surface area contributed by atoms with Crippen molar-refractivity contribution in [3.8, 4) is 5.75 Å². The van der Waals surface area contributed by atoms with Crippen molar-refractivity contribution in [3.63, 3.8) is 0 Å². The van der Waals surface area contributed by atoms with E-state index in [1.807, 2.05) is 0 Å². The van der Waals surface area contributed by atoms with E-state index in [0.29, 0.717) is 13.0 Å². The van der Waals surface area contributed by atoms with Crippen molar-refractivity contribution in [2.45, 2.75) is 12.5 Å². The summed E-state index contributed by atoms with van der Waals surface area (Å²) < 4.78 is 37.0. The number of hydrogen-bond acceptors (Lipinski definition) is 3. The summed E-state index contributed by atoms with van der Waals surface area (Å²) in [6.07, 6.45) is 0.161. The van der Waals surface area contributed by atoms with Crippen molar-refractivity contribution in [2.75, 3.05) is 13.2 Å². The number of ether oxygens (including phenoxy) is 2.